The first-order valence-electron chi connectivity index (χ1n) is 8.73. The number of pyridine rings is 1. The molecule has 1 aliphatic rings. The summed E-state index contributed by atoms with van der Waals surface area (Å²) in [6.45, 7) is 9.61. The van der Waals surface area contributed by atoms with Crippen molar-refractivity contribution in [2.45, 2.75) is 39.7 Å². The van der Waals surface area contributed by atoms with Crippen LogP contribution in [0.4, 0.5) is 5.82 Å². The lowest BCUT2D eigenvalue weighted by molar-refractivity contribution is -0.134. The van der Waals surface area contributed by atoms with Crippen molar-refractivity contribution in [2.75, 3.05) is 31.1 Å². The molecule has 1 aromatic rings. The zero-order valence-electron chi connectivity index (χ0n) is 15.0. The van der Waals surface area contributed by atoms with E-state index in [-0.39, 0.29) is 30.3 Å². The van der Waals surface area contributed by atoms with Crippen LogP contribution in [0.1, 0.15) is 33.6 Å². The van der Waals surface area contributed by atoms with Crippen LogP contribution in [-0.4, -0.2) is 48.0 Å². The Bertz CT molecular complexity index is 489. The van der Waals surface area contributed by atoms with E-state index in [1.54, 1.807) is 0 Å². The van der Waals surface area contributed by atoms with Crippen LogP contribution >= 0.6 is 12.4 Å². The zero-order chi connectivity index (χ0) is 16.8. The normalized spacial score (nSPS) is 16.6. The smallest absolute Gasteiger partial charge is 0.239 e. The van der Waals surface area contributed by atoms with Gasteiger partial charge in [-0.15, -0.1) is 12.4 Å². The van der Waals surface area contributed by atoms with Crippen molar-refractivity contribution in [3.05, 3.63) is 24.4 Å². The average molecular weight is 355 g/mol. The zero-order valence-corrected chi connectivity index (χ0v) is 15.8. The van der Waals surface area contributed by atoms with Crippen molar-refractivity contribution in [3.63, 3.8) is 0 Å². The summed E-state index contributed by atoms with van der Waals surface area (Å²) in [6.07, 6.45) is 4.03. The molecule has 0 bridgehead atoms. The molecule has 1 aliphatic heterocycles. The summed E-state index contributed by atoms with van der Waals surface area (Å²) in [4.78, 5) is 21.1. The molecule has 0 aromatic carbocycles. The van der Waals surface area contributed by atoms with Crippen LogP contribution in [0, 0.1) is 11.8 Å². The van der Waals surface area contributed by atoms with Gasteiger partial charge in [-0.2, -0.15) is 0 Å². The number of carbonyl (C=O) groups excluding carboxylic acids is 1. The molecule has 1 fully saturated rings. The quantitative estimate of drug-likeness (QED) is 0.852. The Labute approximate surface area is 152 Å². The summed E-state index contributed by atoms with van der Waals surface area (Å²) < 4.78 is 0. The Hall–Kier alpha value is -1.33. The fourth-order valence-corrected chi connectivity index (χ4v) is 3.07. The summed E-state index contributed by atoms with van der Waals surface area (Å²) in [5, 5.41) is 0. The van der Waals surface area contributed by atoms with E-state index in [1.165, 1.54) is 0 Å². The number of carbonyl (C=O) groups is 1. The van der Waals surface area contributed by atoms with Crippen LogP contribution in [0.5, 0.6) is 0 Å². The van der Waals surface area contributed by atoms with E-state index in [0.29, 0.717) is 5.92 Å². The number of aromatic nitrogens is 1. The van der Waals surface area contributed by atoms with Gasteiger partial charge < -0.3 is 15.5 Å². The van der Waals surface area contributed by atoms with Crippen molar-refractivity contribution in [2.24, 2.45) is 17.6 Å². The molecule has 2 rings (SSSR count). The Balaban J connectivity index is 0.00000288. The van der Waals surface area contributed by atoms with Crippen LogP contribution in [0.3, 0.4) is 0 Å². The van der Waals surface area contributed by atoms with Gasteiger partial charge in [0.1, 0.15) is 5.82 Å². The van der Waals surface area contributed by atoms with Gasteiger partial charge in [0.05, 0.1) is 6.04 Å². The first-order chi connectivity index (χ1) is 11.0. The Morgan fingerprint density at radius 2 is 2.04 bits per heavy atom. The van der Waals surface area contributed by atoms with Gasteiger partial charge in [-0.25, -0.2) is 4.98 Å². The lowest BCUT2D eigenvalue weighted by Gasteiger charge is -2.36. The third kappa shape index (κ3) is 5.35. The number of rotatable bonds is 6. The van der Waals surface area contributed by atoms with E-state index in [2.05, 4.69) is 16.0 Å². The minimum Gasteiger partial charge on any atom is -0.357 e. The number of hydrogen-bond donors (Lipinski definition) is 1. The van der Waals surface area contributed by atoms with E-state index in [4.69, 9.17) is 5.73 Å². The Morgan fingerprint density at radius 1 is 1.38 bits per heavy atom. The van der Waals surface area contributed by atoms with Gasteiger partial charge in [0.15, 0.2) is 0 Å². The highest BCUT2D eigenvalue weighted by molar-refractivity contribution is 5.85. The topological polar surface area (TPSA) is 62.5 Å². The molecule has 1 aromatic heterocycles. The number of hydrogen-bond acceptors (Lipinski definition) is 4. The van der Waals surface area contributed by atoms with Crippen LogP contribution in [0.25, 0.3) is 0 Å². The highest BCUT2D eigenvalue weighted by Gasteiger charge is 2.27. The lowest BCUT2D eigenvalue weighted by atomic mass is 9.95. The molecule has 136 valence electrons. The lowest BCUT2D eigenvalue weighted by Crippen LogP contribution is -2.49. The molecular weight excluding hydrogens is 324 g/mol. The summed E-state index contributed by atoms with van der Waals surface area (Å²) in [5.74, 6) is 1.88. The van der Waals surface area contributed by atoms with E-state index in [1.807, 2.05) is 44.0 Å². The van der Waals surface area contributed by atoms with Gasteiger partial charge in [-0.3, -0.25) is 4.79 Å². The van der Waals surface area contributed by atoms with Crippen molar-refractivity contribution in [1.29, 1.82) is 0 Å². The summed E-state index contributed by atoms with van der Waals surface area (Å²) in [6, 6.07) is 5.64. The maximum absolute atomic E-state index is 12.5. The first-order valence-corrected chi connectivity index (χ1v) is 8.73. The average Bonchev–Trinajstić information content (AvgIpc) is 2.59. The van der Waals surface area contributed by atoms with Gasteiger partial charge in [-0.1, -0.05) is 19.9 Å². The molecule has 0 saturated carbocycles. The minimum atomic E-state index is -0.386. The van der Waals surface area contributed by atoms with E-state index >= 15 is 0 Å². The monoisotopic (exact) mass is 354 g/mol. The summed E-state index contributed by atoms with van der Waals surface area (Å²) >= 11 is 0. The number of amides is 1. The van der Waals surface area contributed by atoms with Gasteiger partial charge >= 0.3 is 0 Å². The fourth-order valence-electron chi connectivity index (χ4n) is 3.07. The second-order valence-corrected chi connectivity index (χ2v) is 6.77. The predicted octanol–water partition coefficient (Wildman–Crippen LogP) is 2.55. The number of likely N-dealkylation sites (N-methyl/N-ethyl adjacent to an activating group) is 1. The second-order valence-electron chi connectivity index (χ2n) is 6.77. The molecule has 2 N–H and O–H groups in total. The van der Waals surface area contributed by atoms with Crippen LogP contribution in [0.2, 0.25) is 0 Å². The number of nitrogens with zero attached hydrogens (tertiary/aromatic N) is 3. The third-order valence-electron chi connectivity index (χ3n) is 4.76. The molecule has 1 amide bonds. The van der Waals surface area contributed by atoms with Gasteiger partial charge in [-0.05, 0) is 43.7 Å². The van der Waals surface area contributed by atoms with E-state index < -0.39 is 0 Å². The maximum atomic E-state index is 12.5. The van der Waals surface area contributed by atoms with E-state index in [9.17, 15) is 4.79 Å². The summed E-state index contributed by atoms with van der Waals surface area (Å²) in [5.41, 5.74) is 6.03. The van der Waals surface area contributed by atoms with Gasteiger partial charge in [0.2, 0.25) is 5.91 Å². The molecule has 0 radical (unpaired) electrons. The van der Waals surface area contributed by atoms with Crippen LogP contribution in [0.15, 0.2) is 24.4 Å². The molecular formula is C18H31ClN4O. The summed E-state index contributed by atoms with van der Waals surface area (Å²) in [7, 11) is 0. The number of piperidine rings is 1. The van der Waals surface area contributed by atoms with Gasteiger partial charge in [0.25, 0.3) is 0 Å². The fraction of sp³-hybridized carbons (Fsp3) is 0.667. The molecule has 0 aliphatic carbocycles. The third-order valence-corrected chi connectivity index (χ3v) is 4.76. The molecule has 2 heterocycles. The molecule has 6 heteroatoms. The minimum absolute atomic E-state index is 0. The Kier molecular flexibility index (Phi) is 8.50. The van der Waals surface area contributed by atoms with Crippen LogP contribution < -0.4 is 10.6 Å². The van der Waals surface area contributed by atoms with Crippen molar-refractivity contribution >= 4 is 24.1 Å². The van der Waals surface area contributed by atoms with Gasteiger partial charge in [0, 0.05) is 32.4 Å². The van der Waals surface area contributed by atoms with E-state index in [0.717, 1.165) is 44.8 Å². The molecule has 5 nitrogen and oxygen atoms in total. The SMILES string of the molecule is CCN(CC1CCN(c2ccccn2)CC1)C(=O)[C@@H](N)C(C)C.Cl. The Morgan fingerprint density at radius 3 is 2.54 bits per heavy atom. The highest BCUT2D eigenvalue weighted by atomic mass is 35.5. The maximum Gasteiger partial charge on any atom is 0.239 e. The van der Waals surface area contributed by atoms with Crippen molar-refractivity contribution < 1.29 is 4.79 Å². The first kappa shape index (κ1) is 20.7. The molecule has 24 heavy (non-hydrogen) atoms. The van der Waals surface area contributed by atoms with Crippen molar-refractivity contribution in [1.82, 2.24) is 9.88 Å². The molecule has 1 saturated heterocycles. The van der Waals surface area contributed by atoms with Crippen LogP contribution in [-0.2, 0) is 4.79 Å². The second kappa shape index (κ2) is 9.84. The largest absolute Gasteiger partial charge is 0.357 e. The number of anilines is 1. The predicted molar refractivity (Wildman–Crippen MR) is 101 cm³/mol. The molecule has 0 unspecified atom stereocenters. The molecule has 1 atom stereocenters. The highest BCUT2D eigenvalue weighted by Crippen LogP contribution is 2.22. The number of halogens is 1. The number of nitrogens with two attached hydrogens (primary N) is 1. The van der Waals surface area contributed by atoms with Crippen molar-refractivity contribution in [3.8, 4) is 0 Å². The standard InChI is InChI=1S/C18H30N4O.ClH/c1-4-21(18(23)17(19)14(2)3)13-15-8-11-22(12-9-15)16-7-5-6-10-20-16;/h5-7,10,14-15,17H,4,8-9,11-13,19H2,1-3H3;1H/t17-;/m0./s1. The molecule has 0 spiro atoms.